The van der Waals surface area contributed by atoms with Gasteiger partial charge in [-0.05, 0) is 12.1 Å². The van der Waals surface area contributed by atoms with Crippen molar-refractivity contribution in [2.45, 2.75) is 11.4 Å². The van der Waals surface area contributed by atoms with E-state index >= 15 is 0 Å². The number of hydrogen-bond acceptors (Lipinski definition) is 2. The van der Waals surface area contributed by atoms with Crippen LogP contribution in [0.25, 0.3) is 0 Å². The number of carbonyl (C=O) groups is 1. The van der Waals surface area contributed by atoms with E-state index in [1.54, 1.807) is 0 Å². The first-order chi connectivity index (χ1) is 5.29. The molecule has 1 rings (SSSR count). The number of aromatic nitrogens is 1. The summed E-state index contributed by atoms with van der Waals surface area (Å²) < 4.78 is 0. The number of rotatable bonds is 4. The highest BCUT2D eigenvalue weighted by Crippen LogP contribution is 2.15. The van der Waals surface area contributed by atoms with Crippen LogP contribution in [0.1, 0.15) is 6.42 Å². The van der Waals surface area contributed by atoms with Gasteiger partial charge in [0.2, 0.25) is 0 Å². The standard InChI is InChI=1S/C7H9NO2S/c9-7(10)3-5-11-6-2-1-4-8-6/h1-2,4,8H,3,5H2,(H,9,10). The van der Waals surface area contributed by atoms with Crippen LogP contribution in [-0.4, -0.2) is 21.8 Å². The van der Waals surface area contributed by atoms with Crippen molar-refractivity contribution >= 4 is 17.7 Å². The number of aromatic amines is 1. The quantitative estimate of drug-likeness (QED) is 0.676. The molecule has 1 heterocycles. The Morgan fingerprint density at radius 3 is 3.09 bits per heavy atom. The average Bonchev–Trinajstić information content (AvgIpc) is 2.39. The van der Waals surface area contributed by atoms with Crippen LogP contribution < -0.4 is 0 Å². The van der Waals surface area contributed by atoms with Crippen LogP contribution in [0.2, 0.25) is 0 Å². The molecule has 0 aromatic carbocycles. The second kappa shape index (κ2) is 4.08. The van der Waals surface area contributed by atoms with Gasteiger partial charge in [0.25, 0.3) is 0 Å². The molecule has 1 aromatic heterocycles. The molecule has 60 valence electrons. The van der Waals surface area contributed by atoms with Crippen molar-refractivity contribution in [1.29, 1.82) is 0 Å². The zero-order valence-electron chi connectivity index (χ0n) is 5.91. The van der Waals surface area contributed by atoms with Crippen molar-refractivity contribution < 1.29 is 9.90 Å². The molecule has 0 amide bonds. The lowest BCUT2D eigenvalue weighted by Gasteiger charge is -1.93. The van der Waals surface area contributed by atoms with E-state index in [4.69, 9.17) is 5.11 Å². The van der Waals surface area contributed by atoms with E-state index < -0.39 is 5.97 Å². The minimum Gasteiger partial charge on any atom is -0.481 e. The lowest BCUT2D eigenvalue weighted by atomic mass is 10.5. The number of hydrogen-bond donors (Lipinski definition) is 2. The summed E-state index contributed by atoms with van der Waals surface area (Å²) >= 11 is 1.52. The van der Waals surface area contributed by atoms with Gasteiger partial charge < -0.3 is 10.1 Å². The molecule has 1 aromatic rings. The Kier molecular flexibility index (Phi) is 3.04. The first-order valence-corrected chi connectivity index (χ1v) is 4.25. The number of aliphatic carboxylic acids is 1. The Bertz CT molecular complexity index is 220. The summed E-state index contributed by atoms with van der Waals surface area (Å²) in [6.45, 7) is 0. The van der Waals surface area contributed by atoms with Crippen molar-refractivity contribution in [2.75, 3.05) is 5.75 Å². The summed E-state index contributed by atoms with van der Waals surface area (Å²) in [5, 5.41) is 9.34. The first kappa shape index (κ1) is 8.20. The fourth-order valence-electron chi connectivity index (χ4n) is 0.652. The zero-order valence-corrected chi connectivity index (χ0v) is 6.73. The summed E-state index contributed by atoms with van der Waals surface area (Å²) in [7, 11) is 0. The Hall–Kier alpha value is -0.900. The highest BCUT2D eigenvalue weighted by atomic mass is 32.2. The maximum absolute atomic E-state index is 10.1. The van der Waals surface area contributed by atoms with E-state index in [-0.39, 0.29) is 6.42 Å². The minimum atomic E-state index is -0.746. The average molecular weight is 171 g/mol. The zero-order chi connectivity index (χ0) is 8.10. The maximum atomic E-state index is 10.1. The monoisotopic (exact) mass is 171 g/mol. The van der Waals surface area contributed by atoms with Gasteiger partial charge in [-0.15, -0.1) is 11.8 Å². The molecule has 11 heavy (non-hydrogen) atoms. The van der Waals surface area contributed by atoms with Crippen LogP contribution in [0.3, 0.4) is 0 Å². The van der Waals surface area contributed by atoms with Crippen LogP contribution in [-0.2, 0) is 4.79 Å². The largest absolute Gasteiger partial charge is 0.481 e. The third kappa shape index (κ3) is 3.13. The smallest absolute Gasteiger partial charge is 0.304 e. The predicted molar refractivity (Wildman–Crippen MR) is 43.8 cm³/mol. The van der Waals surface area contributed by atoms with Gasteiger partial charge >= 0.3 is 5.97 Å². The lowest BCUT2D eigenvalue weighted by Crippen LogP contribution is -1.95. The Balaban J connectivity index is 2.19. The molecular weight excluding hydrogens is 162 g/mol. The van der Waals surface area contributed by atoms with E-state index in [2.05, 4.69) is 4.98 Å². The fraction of sp³-hybridized carbons (Fsp3) is 0.286. The van der Waals surface area contributed by atoms with E-state index in [0.717, 1.165) is 5.03 Å². The van der Waals surface area contributed by atoms with Crippen molar-refractivity contribution in [2.24, 2.45) is 0 Å². The molecule has 0 spiro atoms. The minimum absolute atomic E-state index is 0.212. The molecule has 0 aliphatic carbocycles. The molecule has 0 aliphatic heterocycles. The number of H-pyrrole nitrogens is 1. The second-order valence-electron chi connectivity index (χ2n) is 2.03. The summed E-state index contributed by atoms with van der Waals surface area (Å²) in [4.78, 5) is 13.1. The molecule has 0 saturated heterocycles. The molecule has 4 heteroatoms. The van der Waals surface area contributed by atoms with Crippen molar-refractivity contribution in [1.82, 2.24) is 4.98 Å². The Morgan fingerprint density at radius 1 is 1.73 bits per heavy atom. The summed E-state index contributed by atoms with van der Waals surface area (Å²) in [5.41, 5.74) is 0. The Labute approximate surface area is 68.8 Å². The predicted octanol–water partition coefficient (Wildman–Crippen LogP) is 1.58. The lowest BCUT2D eigenvalue weighted by molar-refractivity contribution is -0.136. The number of carboxylic acid groups (broad SMARTS) is 1. The van der Waals surface area contributed by atoms with Gasteiger partial charge in [-0.2, -0.15) is 0 Å². The van der Waals surface area contributed by atoms with E-state index in [1.807, 2.05) is 18.3 Å². The molecule has 0 atom stereocenters. The third-order valence-corrected chi connectivity index (χ3v) is 2.12. The SMILES string of the molecule is O=C(O)CCSc1ccc[nH]1. The normalized spacial score (nSPS) is 9.82. The number of carboxylic acids is 1. The maximum Gasteiger partial charge on any atom is 0.304 e. The highest BCUT2D eigenvalue weighted by Gasteiger charge is 1.97. The van der Waals surface area contributed by atoms with Crippen molar-refractivity contribution in [3.05, 3.63) is 18.3 Å². The van der Waals surface area contributed by atoms with Crippen LogP contribution in [0.15, 0.2) is 23.4 Å². The van der Waals surface area contributed by atoms with Crippen LogP contribution in [0, 0.1) is 0 Å². The topological polar surface area (TPSA) is 53.1 Å². The van der Waals surface area contributed by atoms with Gasteiger partial charge in [0, 0.05) is 11.9 Å². The van der Waals surface area contributed by atoms with Crippen LogP contribution in [0.4, 0.5) is 0 Å². The van der Waals surface area contributed by atoms with Crippen molar-refractivity contribution in [3.8, 4) is 0 Å². The molecule has 0 aliphatic rings. The fourth-order valence-corrected chi connectivity index (χ4v) is 1.47. The molecule has 2 N–H and O–H groups in total. The molecule has 0 unspecified atom stereocenters. The van der Waals surface area contributed by atoms with E-state index in [0.29, 0.717) is 5.75 Å². The Morgan fingerprint density at radius 2 is 2.55 bits per heavy atom. The molecular formula is C7H9NO2S. The molecule has 0 bridgehead atoms. The van der Waals surface area contributed by atoms with Gasteiger partial charge in [0.05, 0.1) is 11.4 Å². The van der Waals surface area contributed by atoms with Gasteiger partial charge in [0.15, 0.2) is 0 Å². The molecule has 0 saturated carbocycles. The van der Waals surface area contributed by atoms with Gasteiger partial charge in [-0.25, -0.2) is 0 Å². The van der Waals surface area contributed by atoms with Gasteiger partial charge in [0.1, 0.15) is 0 Å². The van der Waals surface area contributed by atoms with Crippen LogP contribution >= 0.6 is 11.8 Å². The van der Waals surface area contributed by atoms with Gasteiger partial charge in [-0.1, -0.05) is 0 Å². The van der Waals surface area contributed by atoms with E-state index in [1.165, 1.54) is 11.8 Å². The third-order valence-electron chi connectivity index (χ3n) is 1.14. The number of thioether (sulfide) groups is 1. The second-order valence-corrected chi connectivity index (χ2v) is 3.16. The highest BCUT2D eigenvalue weighted by molar-refractivity contribution is 7.99. The number of nitrogens with one attached hydrogen (secondary N) is 1. The molecule has 0 radical (unpaired) electrons. The van der Waals surface area contributed by atoms with Gasteiger partial charge in [-0.3, -0.25) is 4.79 Å². The van der Waals surface area contributed by atoms with Crippen molar-refractivity contribution in [3.63, 3.8) is 0 Å². The molecule has 3 nitrogen and oxygen atoms in total. The van der Waals surface area contributed by atoms with Crippen LogP contribution in [0.5, 0.6) is 0 Å². The van der Waals surface area contributed by atoms with E-state index in [9.17, 15) is 4.79 Å². The summed E-state index contributed by atoms with van der Waals surface area (Å²) in [5.74, 6) is -0.125. The molecule has 0 fully saturated rings. The summed E-state index contributed by atoms with van der Waals surface area (Å²) in [6, 6.07) is 3.82. The summed E-state index contributed by atoms with van der Waals surface area (Å²) in [6.07, 6.45) is 2.03. The first-order valence-electron chi connectivity index (χ1n) is 3.27.